The molecule has 2 heterocycles. The number of ether oxygens (including phenoxy) is 2. The maximum Gasteiger partial charge on any atom is 0.351 e. The van der Waals surface area contributed by atoms with E-state index in [2.05, 4.69) is 10.3 Å². The zero-order valence-corrected chi connectivity index (χ0v) is 12.1. The van der Waals surface area contributed by atoms with Crippen molar-refractivity contribution in [1.82, 2.24) is 4.98 Å². The number of carbonyl (C=O) groups excluding carboxylic acids is 2. The summed E-state index contributed by atoms with van der Waals surface area (Å²) >= 11 is 1.22. The van der Waals surface area contributed by atoms with Crippen molar-refractivity contribution in [3.63, 3.8) is 0 Å². The first-order chi connectivity index (χ1) is 9.43. The van der Waals surface area contributed by atoms with E-state index in [4.69, 9.17) is 9.47 Å². The second-order valence-corrected chi connectivity index (χ2v) is 5.27. The molecule has 7 heteroatoms. The quantitative estimate of drug-likeness (QED) is 0.518. The Kier molecular flexibility index (Phi) is 3.99. The summed E-state index contributed by atoms with van der Waals surface area (Å²) in [5.41, 5.74) is 0.524. The summed E-state index contributed by atoms with van der Waals surface area (Å²) in [6.45, 7) is 3.01. The maximum absolute atomic E-state index is 12.0. The minimum atomic E-state index is -1.24. The van der Waals surface area contributed by atoms with Gasteiger partial charge in [0.1, 0.15) is 0 Å². The lowest BCUT2D eigenvalue weighted by atomic mass is 10.2. The summed E-state index contributed by atoms with van der Waals surface area (Å²) in [5.74, 6) is -2.64. The maximum atomic E-state index is 12.0. The van der Waals surface area contributed by atoms with Gasteiger partial charge in [0.2, 0.25) is 0 Å². The minimum Gasteiger partial charge on any atom is -0.419 e. The van der Waals surface area contributed by atoms with Crippen LogP contribution in [0.1, 0.15) is 13.8 Å². The van der Waals surface area contributed by atoms with Gasteiger partial charge < -0.3 is 14.8 Å². The largest absolute Gasteiger partial charge is 0.419 e. The lowest BCUT2D eigenvalue weighted by Crippen LogP contribution is -2.42. The monoisotopic (exact) mass is 294 g/mol. The molecule has 1 aromatic heterocycles. The van der Waals surface area contributed by atoms with Crippen LogP contribution in [0.25, 0.3) is 0 Å². The third kappa shape index (κ3) is 3.11. The summed E-state index contributed by atoms with van der Waals surface area (Å²) in [5, 5.41) is 3.33. The molecule has 106 valence electrons. The Labute approximate surface area is 120 Å². The van der Waals surface area contributed by atoms with Crippen LogP contribution < -0.4 is 5.32 Å². The van der Waals surface area contributed by atoms with E-state index in [0.29, 0.717) is 10.7 Å². The molecule has 0 atom stereocenters. The molecule has 0 aliphatic carbocycles. The van der Waals surface area contributed by atoms with Crippen LogP contribution in [0.2, 0.25) is 0 Å². The molecule has 0 amide bonds. The van der Waals surface area contributed by atoms with Gasteiger partial charge in [0, 0.05) is 20.0 Å². The number of cyclic esters (lactones) is 2. The molecular weight excluding hydrogens is 280 g/mol. The molecular formula is C13H14N2O4S. The van der Waals surface area contributed by atoms with Gasteiger partial charge in [-0.05, 0) is 18.4 Å². The Morgan fingerprint density at radius 1 is 1.30 bits per heavy atom. The van der Waals surface area contributed by atoms with Crippen molar-refractivity contribution in [1.29, 1.82) is 0 Å². The lowest BCUT2D eigenvalue weighted by molar-refractivity contribution is -0.222. The number of anilines is 1. The van der Waals surface area contributed by atoms with Crippen LogP contribution in [0.5, 0.6) is 0 Å². The van der Waals surface area contributed by atoms with Crippen LogP contribution in [0.15, 0.2) is 35.1 Å². The van der Waals surface area contributed by atoms with E-state index in [1.54, 1.807) is 30.8 Å². The molecule has 0 spiro atoms. The van der Waals surface area contributed by atoms with Gasteiger partial charge >= 0.3 is 11.9 Å². The topological polar surface area (TPSA) is 77.5 Å². The van der Waals surface area contributed by atoms with E-state index >= 15 is 0 Å². The smallest absolute Gasteiger partial charge is 0.351 e. The fourth-order valence-corrected chi connectivity index (χ4v) is 2.21. The third-order valence-corrected chi connectivity index (χ3v) is 3.15. The third-order valence-electron chi connectivity index (χ3n) is 2.44. The summed E-state index contributed by atoms with van der Waals surface area (Å²) in [4.78, 5) is 27.9. The second kappa shape index (κ2) is 5.54. The minimum absolute atomic E-state index is 0.138. The second-order valence-electron chi connectivity index (χ2n) is 4.45. The number of rotatable bonds is 3. The molecule has 0 radical (unpaired) electrons. The fraction of sp³-hybridized carbons (Fsp3) is 0.308. The number of carbonyl (C=O) groups is 2. The number of hydrogen-bond acceptors (Lipinski definition) is 7. The molecule has 0 aromatic carbocycles. The first-order valence-electron chi connectivity index (χ1n) is 5.85. The van der Waals surface area contributed by atoms with E-state index in [-0.39, 0.29) is 5.57 Å². The van der Waals surface area contributed by atoms with Crippen LogP contribution in [-0.4, -0.2) is 29.0 Å². The highest BCUT2D eigenvalue weighted by Crippen LogP contribution is 2.28. The molecule has 0 bridgehead atoms. The number of hydrogen-bond donors (Lipinski definition) is 1. The number of aromatic nitrogens is 1. The number of esters is 2. The van der Waals surface area contributed by atoms with E-state index in [9.17, 15) is 9.59 Å². The molecule has 0 saturated carbocycles. The highest BCUT2D eigenvalue weighted by Gasteiger charge is 2.41. The average Bonchev–Trinajstić information content (AvgIpc) is 2.36. The summed E-state index contributed by atoms with van der Waals surface area (Å²) in [6, 6.07) is 3.51. The highest BCUT2D eigenvalue weighted by molar-refractivity contribution is 8.02. The van der Waals surface area contributed by atoms with Gasteiger partial charge in [-0.3, -0.25) is 4.98 Å². The van der Waals surface area contributed by atoms with Crippen molar-refractivity contribution in [2.75, 3.05) is 11.6 Å². The van der Waals surface area contributed by atoms with Crippen LogP contribution >= 0.6 is 11.8 Å². The predicted molar refractivity (Wildman–Crippen MR) is 74.7 cm³/mol. The van der Waals surface area contributed by atoms with Gasteiger partial charge in [-0.1, -0.05) is 0 Å². The lowest BCUT2D eigenvalue weighted by Gasteiger charge is -2.30. The SMILES string of the molecule is CSC(Nc1cccnc1)=C1C(=O)OC(C)(C)OC1=O. The fourth-order valence-electron chi connectivity index (χ4n) is 1.62. The van der Waals surface area contributed by atoms with Crippen LogP contribution in [0.3, 0.4) is 0 Å². The standard InChI is InChI=1S/C13H14N2O4S/c1-13(2)18-11(16)9(12(17)19-13)10(20-3)15-8-5-4-6-14-7-8/h4-7,15H,1-3H3. The Hall–Kier alpha value is -2.02. The molecule has 1 fully saturated rings. The number of nitrogens with one attached hydrogen (secondary N) is 1. The van der Waals surface area contributed by atoms with Crippen molar-refractivity contribution in [2.45, 2.75) is 19.6 Å². The normalized spacial score (nSPS) is 17.2. The zero-order valence-electron chi connectivity index (χ0n) is 11.3. The van der Waals surface area contributed by atoms with Crippen molar-refractivity contribution >= 4 is 29.4 Å². The van der Waals surface area contributed by atoms with E-state index in [1.807, 2.05) is 0 Å². The summed E-state index contributed by atoms with van der Waals surface area (Å²) in [7, 11) is 0. The molecule has 1 saturated heterocycles. The predicted octanol–water partition coefficient (Wildman–Crippen LogP) is 1.90. The Morgan fingerprint density at radius 3 is 2.45 bits per heavy atom. The molecule has 1 aromatic rings. The molecule has 6 nitrogen and oxygen atoms in total. The first kappa shape index (κ1) is 14.4. The van der Waals surface area contributed by atoms with E-state index in [1.165, 1.54) is 25.6 Å². The van der Waals surface area contributed by atoms with Gasteiger partial charge in [-0.15, -0.1) is 11.8 Å². The average molecular weight is 294 g/mol. The molecule has 20 heavy (non-hydrogen) atoms. The summed E-state index contributed by atoms with van der Waals surface area (Å²) in [6.07, 6.45) is 4.95. The summed E-state index contributed by atoms with van der Waals surface area (Å²) < 4.78 is 10.1. The van der Waals surface area contributed by atoms with Crippen LogP contribution in [0, 0.1) is 0 Å². The Balaban J connectivity index is 2.33. The Bertz CT molecular complexity index is 547. The van der Waals surface area contributed by atoms with Crippen molar-refractivity contribution in [3.05, 3.63) is 35.1 Å². The molecule has 1 N–H and O–H groups in total. The van der Waals surface area contributed by atoms with Crippen molar-refractivity contribution in [3.8, 4) is 0 Å². The van der Waals surface area contributed by atoms with Crippen LogP contribution in [-0.2, 0) is 19.1 Å². The number of pyridine rings is 1. The van der Waals surface area contributed by atoms with Crippen molar-refractivity contribution in [2.24, 2.45) is 0 Å². The molecule has 1 aliphatic rings. The zero-order chi connectivity index (χ0) is 14.8. The molecule has 1 aliphatic heterocycles. The van der Waals surface area contributed by atoms with E-state index in [0.717, 1.165) is 0 Å². The van der Waals surface area contributed by atoms with Gasteiger partial charge in [0.05, 0.1) is 16.9 Å². The number of thioether (sulfide) groups is 1. The first-order valence-corrected chi connectivity index (χ1v) is 7.07. The van der Waals surface area contributed by atoms with Crippen molar-refractivity contribution < 1.29 is 19.1 Å². The molecule has 2 rings (SSSR count). The molecule has 0 unspecified atom stereocenters. The van der Waals surface area contributed by atoms with Gasteiger partial charge in [0.25, 0.3) is 5.79 Å². The van der Waals surface area contributed by atoms with Crippen LogP contribution in [0.4, 0.5) is 5.69 Å². The Morgan fingerprint density at radius 2 is 1.95 bits per heavy atom. The van der Waals surface area contributed by atoms with Gasteiger partial charge in [0.15, 0.2) is 5.57 Å². The number of nitrogens with zero attached hydrogens (tertiary/aromatic N) is 1. The van der Waals surface area contributed by atoms with Gasteiger partial charge in [-0.25, -0.2) is 9.59 Å². The van der Waals surface area contributed by atoms with Gasteiger partial charge in [-0.2, -0.15) is 0 Å². The highest BCUT2D eigenvalue weighted by atomic mass is 32.2. The van der Waals surface area contributed by atoms with E-state index < -0.39 is 17.7 Å².